The number of nitrogens with one attached hydrogen (secondary N) is 1. The number of nitrogens with zero attached hydrogens (tertiary/aromatic N) is 2. The van der Waals surface area contributed by atoms with Gasteiger partial charge in [-0.1, -0.05) is 0 Å². The van der Waals surface area contributed by atoms with Gasteiger partial charge in [0.1, 0.15) is 10.5 Å². The number of hydrogen-bond acceptors (Lipinski definition) is 4. The lowest BCUT2D eigenvalue weighted by molar-refractivity contribution is -0.119. The van der Waals surface area contributed by atoms with Gasteiger partial charge >= 0.3 is 0 Å². The monoisotopic (exact) mass is 157 g/mol. The molecule has 0 aliphatic heterocycles. The number of hydrogen-bond donors (Lipinski definition) is 1. The number of carbonyl (C=O) groups excluding carboxylic acids is 1. The highest BCUT2D eigenvalue weighted by molar-refractivity contribution is 7.09. The molecule has 0 radical (unpaired) electrons. The summed E-state index contributed by atoms with van der Waals surface area (Å²) in [4.78, 5) is 10.4. The van der Waals surface area contributed by atoms with Crippen molar-refractivity contribution in [3.05, 3.63) is 10.5 Å². The Balaban J connectivity index is 2.35. The summed E-state index contributed by atoms with van der Waals surface area (Å²) in [5, 5.41) is 10.8. The third kappa shape index (κ3) is 2.10. The van der Waals surface area contributed by atoms with Crippen LogP contribution in [0.2, 0.25) is 0 Å². The summed E-state index contributed by atoms with van der Waals surface area (Å²) in [5.74, 6) is -0.0461. The number of carbonyl (C=O) groups is 1. The van der Waals surface area contributed by atoms with Crippen LogP contribution in [0.25, 0.3) is 0 Å². The van der Waals surface area contributed by atoms with Crippen LogP contribution < -0.4 is 5.32 Å². The molecule has 4 nitrogen and oxygen atoms in total. The van der Waals surface area contributed by atoms with Gasteiger partial charge in [-0.15, -0.1) is 21.5 Å². The molecule has 1 rings (SSSR count). The zero-order valence-electron chi connectivity index (χ0n) is 5.50. The van der Waals surface area contributed by atoms with Crippen LogP contribution in [0.15, 0.2) is 5.51 Å². The van der Waals surface area contributed by atoms with Gasteiger partial charge in [-0.05, 0) is 0 Å². The second-order valence-electron chi connectivity index (χ2n) is 1.74. The van der Waals surface area contributed by atoms with E-state index in [1.807, 2.05) is 0 Å². The van der Waals surface area contributed by atoms with Gasteiger partial charge in [0, 0.05) is 6.92 Å². The Labute approximate surface area is 62.3 Å². The first-order valence-corrected chi connectivity index (χ1v) is 3.66. The van der Waals surface area contributed by atoms with Crippen LogP contribution in [-0.2, 0) is 11.3 Å². The van der Waals surface area contributed by atoms with Gasteiger partial charge in [0.15, 0.2) is 0 Å². The predicted octanol–water partition coefficient (Wildman–Crippen LogP) is 0.174. The van der Waals surface area contributed by atoms with Crippen molar-refractivity contribution in [1.29, 1.82) is 0 Å². The largest absolute Gasteiger partial charge is 0.350 e. The maximum absolute atomic E-state index is 10.4. The molecule has 54 valence electrons. The molecule has 0 atom stereocenters. The minimum atomic E-state index is -0.0461. The molecule has 0 saturated carbocycles. The van der Waals surface area contributed by atoms with E-state index >= 15 is 0 Å². The Kier molecular flexibility index (Phi) is 2.33. The van der Waals surface area contributed by atoms with E-state index in [1.165, 1.54) is 18.3 Å². The SMILES string of the molecule is CC(=O)NCc1nncs1. The van der Waals surface area contributed by atoms with E-state index in [0.717, 1.165) is 5.01 Å². The molecule has 0 saturated heterocycles. The van der Waals surface area contributed by atoms with Gasteiger partial charge in [-0.2, -0.15) is 0 Å². The molecule has 5 heteroatoms. The molecular weight excluding hydrogens is 150 g/mol. The smallest absolute Gasteiger partial charge is 0.217 e. The molecule has 0 bridgehead atoms. The topological polar surface area (TPSA) is 54.9 Å². The van der Waals surface area contributed by atoms with E-state index in [0.29, 0.717) is 6.54 Å². The average molecular weight is 157 g/mol. The Morgan fingerprint density at radius 1 is 1.90 bits per heavy atom. The Morgan fingerprint density at radius 3 is 3.20 bits per heavy atom. The fraction of sp³-hybridized carbons (Fsp3) is 0.400. The van der Waals surface area contributed by atoms with E-state index < -0.39 is 0 Å². The average Bonchev–Trinajstić information content (AvgIpc) is 2.34. The highest BCUT2D eigenvalue weighted by atomic mass is 32.1. The van der Waals surface area contributed by atoms with Gasteiger partial charge < -0.3 is 5.32 Å². The predicted molar refractivity (Wildman–Crippen MR) is 37.4 cm³/mol. The van der Waals surface area contributed by atoms with E-state index in [9.17, 15) is 4.79 Å². The van der Waals surface area contributed by atoms with Gasteiger partial charge in [0.25, 0.3) is 0 Å². The van der Waals surface area contributed by atoms with Crippen molar-refractivity contribution in [3.63, 3.8) is 0 Å². The van der Waals surface area contributed by atoms with E-state index in [4.69, 9.17) is 0 Å². The molecule has 1 aromatic heterocycles. The number of rotatable bonds is 2. The van der Waals surface area contributed by atoms with Crippen LogP contribution >= 0.6 is 11.3 Å². The van der Waals surface area contributed by atoms with E-state index in [1.54, 1.807) is 5.51 Å². The second-order valence-corrected chi connectivity index (χ2v) is 2.66. The summed E-state index contributed by atoms with van der Waals surface area (Å²) >= 11 is 1.43. The van der Waals surface area contributed by atoms with Gasteiger partial charge in [-0.3, -0.25) is 4.79 Å². The fourth-order valence-corrected chi connectivity index (χ4v) is 0.939. The maximum Gasteiger partial charge on any atom is 0.217 e. The van der Waals surface area contributed by atoms with Gasteiger partial charge in [-0.25, -0.2) is 0 Å². The third-order valence-corrected chi connectivity index (χ3v) is 1.59. The highest BCUT2D eigenvalue weighted by Crippen LogP contribution is 1.98. The van der Waals surface area contributed by atoms with Crippen molar-refractivity contribution in [2.75, 3.05) is 0 Å². The molecule has 10 heavy (non-hydrogen) atoms. The van der Waals surface area contributed by atoms with Gasteiger partial charge in [0.2, 0.25) is 5.91 Å². The second kappa shape index (κ2) is 3.26. The molecule has 0 unspecified atom stereocenters. The fourth-order valence-electron chi connectivity index (χ4n) is 0.473. The van der Waals surface area contributed by atoms with Crippen LogP contribution in [0.4, 0.5) is 0 Å². The Morgan fingerprint density at radius 2 is 2.70 bits per heavy atom. The molecular formula is C5H7N3OS. The normalized spacial score (nSPS) is 9.30. The van der Waals surface area contributed by atoms with E-state index in [2.05, 4.69) is 15.5 Å². The molecule has 1 amide bonds. The van der Waals surface area contributed by atoms with Crippen molar-refractivity contribution >= 4 is 17.2 Å². The standard InChI is InChI=1S/C5H7N3OS/c1-4(9)6-2-5-8-7-3-10-5/h3H,2H2,1H3,(H,6,9). The molecule has 1 heterocycles. The zero-order valence-corrected chi connectivity index (χ0v) is 6.31. The van der Waals surface area contributed by atoms with Crippen LogP contribution in [0.1, 0.15) is 11.9 Å². The van der Waals surface area contributed by atoms with Crippen LogP contribution in [0.3, 0.4) is 0 Å². The van der Waals surface area contributed by atoms with Crippen molar-refractivity contribution in [3.8, 4) is 0 Å². The van der Waals surface area contributed by atoms with E-state index in [-0.39, 0.29) is 5.91 Å². The Bertz CT molecular complexity index is 209. The summed E-state index contributed by atoms with van der Waals surface area (Å²) in [6, 6.07) is 0. The molecule has 0 aromatic carbocycles. The Hall–Kier alpha value is -0.970. The summed E-state index contributed by atoms with van der Waals surface area (Å²) < 4.78 is 0. The van der Waals surface area contributed by atoms with Crippen molar-refractivity contribution in [1.82, 2.24) is 15.5 Å². The summed E-state index contributed by atoms with van der Waals surface area (Å²) in [6.07, 6.45) is 0. The minimum Gasteiger partial charge on any atom is -0.350 e. The molecule has 0 fully saturated rings. The first kappa shape index (κ1) is 7.14. The molecule has 1 aromatic rings. The van der Waals surface area contributed by atoms with Crippen LogP contribution in [0, 0.1) is 0 Å². The van der Waals surface area contributed by atoms with Crippen LogP contribution in [0.5, 0.6) is 0 Å². The molecule has 0 aliphatic rings. The summed E-state index contributed by atoms with van der Waals surface area (Å²) in [6.45, 7) is 1.96. The molecule has 0 spiro atoms. The summed E-state index contributed by atoms with van der Waals surface area (Å²) in [5.41, 5.74) is 1.64. The number of amides is 1. The zero-order chi connectivity index (χ0) is 7.40. The van der Waals surface area contributed by atoms with Crippen molar-refractivity contribution in [2.45, 2.75) is 13.5 Å². The summed E-state index contributed by atoms with van der Waals surface area (Å²) in [7, 11) is 0. The lowest BCUT2D eigenvalue weighted by atomic mass is 10.6. The van der Waals surface area contributed by atoms with Crippen molar-refractivity contribution in [2.24, 2.45) is 0 Å². The van der Waals surface area contributed by atoms with Crippen LogP contribution in [-0.4, -0.2) is 16.1 Å². The lowest BCUT2D eigenvalue weighted by Gasteiger charge is -1.94. The third-order valence-electron chi connectivity index (χ3n) is 0.894. The highest BCUT2D eigenvalue weighted by Gasteiger charge is 1.95. The maximum atomic E-state index is 10.4. The molecule has 1 N–H and O–H groups in total. The first-order chi connectivity index (χ1) is 4.79. The van der Waals surface area contributed by atoms with Crippen molar-refractivity contribution < 1.29 is 4.79 Å². The minimum absolute atomic E-state index is 0.0461. The number of aromatic nitrogens is 2. The first-order valence-electron chi connectivity index (χ1n) is 2.78. The lowest BCUT2D eigenvalue weighted by Crippen LogP contribution is -2.18. The molecule has 0 aliphatic carbocycles. The quantitative estimate of drug-likeness (QED) is 0.666. The van der Waals surface area contributed by atoms with Gasteiger partial charge in [0.05, 0.1) is 6.54 Å².